The van der Waals surface area contributed by atoms with E-state index in [1.54, 1.807) is 12.1 Å². The van der Waals surface area contributed by atoms with Crippen LogP contribution in [0, 0.1) is 6.92 Å². The fourth-order valence-corrected chi connectivity index (χ4v) is 2.27. The first kappa shape index (κ1) is 11.7. The largest absolute Gasteiger partial charge is 0.298 e. The van der Waals surface area contributed by atoms with Crippen LogP contribution in [0.5, 0.6) is 0 Å². The Labute approximate surface area is 89.4 Å². The van der Waals surface area contributed by atoms with Gasteiger partial charge < -0.3 is 0 Å². The smallest absolute Gasteiger partial charge is 0.200 e. The summed E-state index contributed by atoms with van der Waals surface area (Å²) in [5, 5.41) is 0.977. The van der Waals surface area contributed by atoms with Crippen LogP contribution >= 0.6 is 0 Å². The van der Waals surface area contributed by atoms with Gasteiger partial charge in [-0.2, -0.15) is 0 Å². The predicted molar refractivity (Wildman–Crippen MR) is 58.2 cm³/mol. The molecule has 0 aliphatic heterocycles. The zero-order valence-corrected chi connectivity index (χ0v) is 9.41. The predicted octanol–water partition coefficient (Wildman–Crippen LogP) is 1.87. The molecule has 0 spiro atoms. The van der Waals surface area contributed by atoms with Crippen LogP contribution in [0.3, 0.4) is 0 Å². The van der Waals surface area contributed by atoms with Crippen molar-refractivity contribution in [3.05, 3.63) is 40.8 Å². The minimum absolute atomic E-state index is 0.190. The first-order chi connectivity index (χ1) is 6.95. The van der Waals surface area contributed by atoms with Gasteiger partial charge in [-0.05, 0) is 26.0 Å². The molecule has 0 atom stereocenters. The van der Waals surface area contributed by atoms with Gasteiger partial charge in [0, 0.05) is 11.0 Å². The standard InChI is InChI=1S/C11H12O3S/c1-9-3-5-11(6-4-9)15(13,14)8-10(2)7-12/h3-8H,1-2H3/b10-8+. The van der Waals surface area contributed by atoms with Gasteiger partial charge in [-0.3, -0.25) is 4.79 Å². The van der Waals surface area contributed by atoms with E-state index in [0.29, 0.717) is 6.29 Å². The van der Waals surface area contributed by atoms with Crippen molar-refractivity contribution in [2.24, 2.45) is 0 Å². The lowest BCUT2D eigenvalue weighted by molar-refractivity contribution is -0.104. The molecule has 1 rings (SSSR count). The Bertz CT molecular complexity index is 481. The summed E-state index contributed by atoms with van der Waals surface area (Å²) in [6, 6.07) is 6.49. The Hall–Kier alpha value is -1.42. The summed E-state index contributed by atoms with van der Waals surface area (Å²) in [5.41, 5.74) is 1.18. The van der Waals surface area contributed by atoms with Crippen LogP contribution in [0.4, 0.5) is 0 Å². The van der Waals surface area contributed by atoms with Gasteiger partial charge >= 0.3 is 0 Å². The van der Waals surface area contributed by atoms with E-state index in [4.69, 9.17) is 0 Å². The molecule has 4 heteroatoms. The van der Waals surface area contributed by atoms with Crippen LogP contribution in [0.2, 0.25) is 0 Å². The molecule has 0 aliphatic rings. The summed E-state index contributed by atoms with van der Waals surface area (Å²) >= 11 is 0. The van der Waals surface area contributed by atoms with E-state index in [-0.39, 0.29) is 10.5 Å². The van der Waals surface area contributed by atoms with E-state index >= 15 is 0 Å². The van der Waals surface area contributed by atoms with Crippen LogP contribution in [-0.4, -0.2) is 14.7 Å². The van der Waals surface area contributed by atoms with Crippen LogP contribution in [-0.2, 0) is 14.6 Å². The zero-order chi connectivity index (χ0) is 11.5. The van der Waals surface area contributed by atoms with Gasteiger partial charge in [0.2, 0.25) is 0 Å². The SMILES string of the molecule is C/C(C=O)=C\S(=O)(=O)c1ccc(C)cc1. The summed E-state index contributed by atoms with van der Waals surface area (Å²) < 4.78 is 23.4. The van der Waals surface area contributed by atoms with Crippen LogP contribution < -0.4 is 0 Å². The second-order valence-electron chi connectivity index (χ2n) is 3.34. The highest BCUT2D eigenvalue weighted by Gasteiger charge is 2.10. The Balaban J connectivity index is 3.18. The Morgan fingerprint density at radius 1 is 1.20 bits per heavy atom. The zero-order valence-electron chi connectivity index (χ0n) is 8.60. The summed E-state index contributed by atoms with van der Waals surface area (Å²) in [6.07, 6.45) is 0.520. The molecule has 0 fully saturated rings. The molecule has 80 valence electrons. The lowest BCUT2D eigenvalue weighted by atomic mass is 10.2. The lowest BCUT2D eigenvalue weighted by Gasteiger charge is -1.99. The van der Waals surface area contributed by atoms with Gasteiger partial charge in [-0.25, -0.2) is 8.42 Å². The van der Waals surface area contributed by atoms with Gasteiger partial charge in [-0.1, -0.05) is 17.7 Å². The minimum Gasteiger partial charge on any atom is -0.298 e. The number of hydrogen-bond acceptors (Lipinski definition) is 3. The molecule has 1 aromatic carbocycles. The molecular formula is C11H12O3S. The number of rotatable bonds is 3. The van der Waals surface area contributed by atoms with Crippen molar-refractivity contribution >= 4 is 16.1 Å². The highest BCUT2D eigenvalue weighted by atomic mass is 32.2. The van der Waals surface area contributed by atoms with E-state index in [1.165, 1.54) is 19.1 Å². The normalized spacial score (nSPS) is 12.5. The molecule has 0 N–H and O–H groups in total. The van der Waals surface area contributed by atoms with E-state index in [1.807, 2.05) is 6.92 Å². The maximum atomic E-state index is 11.7. The van der Waals surface area contributed by atoms with Crippen molar-refractivity contribution in [3.63, 3.8) is 0 Å². The van der Waals surface area contributed by atoms with Gasteiger partial charge in [0.1, 0.15) is 6.29 Å². The summed E-state index contributed by atoms with van der Waals surface area (Å²) in [5.74, 6) is 0. The van der Waals surface area contributed by atoms with Crippen molar-refractivity contribution in [3.8, 4) is 0 Å². The van der Waals surface area contributed by atoms with Crippen molar-refractivity contribution in [1.29, 1.82) is 0 Å². The summed E-state index contributed by atoms with van der Waals surface area (Å²) in [6.45, 7) is 3.33. The Morgan fingerprint density at radius 2 is 1.73 bits per heavy atom. The Kier molecular flexibility index (Phi) is 3.42. The van der Waals surface area contributed by atoms with Crippen molar-refractivity contribution in [1.82, 2.24) is 0 Å². The number of carbonyl (C=O) groups excluding carboxylic acids is 1. The first-order valence-electron chi connectivity index (χ1n) is 4.41. The number of allylic oxidation sites excluding steroid dienone is 1. The van der Waals surface area contributed by atoms with E-state index < -0.39 is 9.84 Å². The van der Waals surface area contributed by atoms with Gasteiger partial charge in [-0.15, -0.1) is 0 Å². The van der Waals surface area contributed by atoms with E-state index in [0.717, 1.165) is 11.0 Å². The number of aryl methyl sites for hydroxylation is 1. The molecule has 15 heavy (non-hydrogen) atoms. The molecule has 0 saturated heterocycles. The first-order valence-corrected chi connectivity index (χ1v) is 5.95. The Morgan fingerprint density at radius 3 is 2.20 bits per heavy atom. The molecule has 0 aliphatic carbocycles. The number of carbonyl (C=O) groups is 1. The topological polar surface area (TPSA) is 51.2 Å². The van der Waals surface area contributed by atoms with Crippen LogP contribution in [0.1, 0.15) is 12.5 Å². The number of hydrogen-bond donors (Lipinski definition) is 0. The second kappa shape index (κ2) is 4.40. The molecule has 0 radical (unpaired) electrons. The average Bonchev–Trinajstić information content (AvgIpc) is 2.17. The fourth-order valence-electron chi connectivity index (χ4n) is 1.07. The molecule has 0 saturated carbocycles. The molecule has 0 unspecified atom stereocenters. The maximum Gasteiger partial charge on any atom is 0.200 e. The fraction of sp³-hybridized carbons (Fsp3) is 0.182. The highest BCUT2D eigenvalue weighted by Crippen LogP contribution is 2.14. The minimum atomic E-state index is -3.48. The third-order valence-electron chi connectivity index (χ3n) is 1.88. The van der Waals surface area contributed by atoms with Crippen molar-refractivity contribution in [2.45, 2.75) is 18.7 Å². The third-order valence-corrected chi connectivity index (χ3v) is 3.49. The molecular weight excluding hydrogens is 212 g/mol. The highest BCUT2D eigenvalue weighted by molar-refractivity contribution is 7.94. The van der Waals surface area contributed by atoms with Gasteiger partial charge in [0.25, 0.3) is 0 Å². The maximum absolute atomic E-state index is 11.7. The van der Waals surface area contributed by atoms with E-state index in [2.05, 4.69) is 0 Å². The van der Waals surface area contributed by atoms with Crippen LogP contribution in [0.25, 0.3) is 0 Å². The molecule has 0 aromatic heterocycles. The molecule has 0 amide bonds. The van der Waals surface area contributed by atoms with E-state index in [9.17, 15) is 13.2 Å². The van der Waals surface area contributed by atoms with Gasteiger partial charge in [0.05, 0.1) is 4.90 Å². The second-order valence-corrected chi connectivity index (χ2v) is 5.13. The molecule has 0 bridgehead atoms. The summed E-state index contributed by atoms with van der Waals surface area (Å²) in [4.78, 5) is 10.5. The summed E-state index contributed by atoms with van der Waals surface area (Å²) in [7, 11) is -3.48. The van der Waals surface area contributed by atoms with Crippen LogP contribution in [0.15, 0.2) is 40.1 Å². The number of benzene rings is 1. The van der Waals surface area contributed by atoms with Gasteiger partial charge in [0.15, 0.2) is 9.84 Å². The van der Waals surface area contributed by atoms with Crippen molar-refractivity contribution < 1.29 is 13.2 Å². The molecule has 1 aromatic rings. The van der Waals surface area contributed by atoms with Crippen molar-refractivity contribution in [2.75, 3.05) is 0 Å². The molecule has 0 heterocycles. The monoisotopic (exact) mass is 224 g/mol. The lowest BCUT2D eigenvalue weighted by Crippen LogP contribution is -1.97. The quantitative estimate of drug-likeness (QED) is 0.581. The third kappa shape index (κ3) is 3.02. The average molecular weight is 224 g/mol. The number of sulfone groups is 1. The number of aldehydes is 1. The molecule has 3 nitrogen and oxygen atoms in total.